The van der Waals surface area contributed by atoms with Crippen molar-refractivity contribution in [1.82, 2.24) is 20.5 Å². The van der Waals surface area contributed by atoms with E-state index in [9.17, 15) is 4.79 Å². The number of nitrogens with one attached hydrogen (secondary N) is 3. The molecule has 1 fully saturated rings. The van der Waals surface area contributed by atoms with Crippen LogP contribution in [0.3, 0.4) is 0 Å². The van der Waals surface area contributed by atoms with Crippen molar-refractivity contribution in [2.24, 2.45) is 0 Å². The highest BCUT2D eigenvalue weighted by molar-refractivity contribution is 7.14. The standard InChI is InChI=1S/C14H19N5OS/c1-16-11-9(8-15)2-3-10-12(11)21-13(18-10)14(20)19-6-4-17-5-7-19/h8,15-17H,2-7H2,1H3. The van der Waals surface area contributed by atoms with Gasteiger partial charge in [-0.1, -0.05) is 0 Å². The van der Waals surface area contributed by atoms with E-state index in [4.69, 9.17) is 5.41 Å². The quantitative estimate of drug-likeness (QED) is 0.719. The second-order valence-electron chi connectivity index (χ2n) is 5.13. The van der Waals surface area contributed by atoms with Gasteiger partial charge in [-0.15, -0.1) is 11.3 Å². The number of hydrogen-bond donors (Lipinski definition) is 3. The highest BCUT2D eigenvalue weighted by Gasteiger charge is 2.27. The predicted molar refractivity (Wildman–Crippen MR) is 84.0 cm³/mol. The normalized spacial score (nSPS) is 18.4. The summed E-state index contributed by atoms with van der Waals surface area (Å²) in [5, 5.41) is 14.5. The van der Waals surface area contributed by atoms with Crippen LogP contribution in [-0.4, -0.2) is 55.2 Å². The Balaban J connectivity index is 1.90. The molecule has 1 saturated heterocycles. The topological polar surface area (TPSA) is 81.1 Å². The molecule has 3 N–H and O–H groups in total. The lowest BCUT2D eigenvalue weighted by molar-refractivity contribution is 0.0735. The first kappa shape index (κ1) is 14.2. The minimum Gasteiger partial charge on any atom is -0.387 e. The second kappa shape index (κ2) is 5.95. The van der Waals surface area contributed by atoms with Crippen LogP contribution in [0, 0.1) is 5.41 Å². The van der Waals surface area contributed by atoms with Gasteiger partial charge in [0, 0.05) is 39.4 Å². The van der Waals surface area contributed by atoms with E-state index >= 15 is 0 Å². The van der Waals surface area contributed by atoms with Crippen LogP contribution in [-0.2, 0) is 6.42 Å². The fourth-order valence-electron chi connectivity index (χ4n) is 2.75. The number of carbonyl (C=O) groups excluding carboxylic acids is 1. The lowest BCUT2D eigenvalue weighted by atomic mass is 9.99. The molecule has 112 valence electrons. The zero-order valence-corrected chi connectivity index (χ0v) is 12.8. The number of nitrogens with zero attached hydrogens (tertiary/aromatic N) is 2. The largest absolute Gasteiger partial charge is 0.387 e. The van der Waals surface area contributed by atoms with Gasteiger partial charge in [-0.25, -0.2) is 4.98 Å². The zero-order valence-electron chi connectivity index (χ0n) is 12.0. The van der Waals surface area contributed by atoms with Crippen LogP contribution in [0.15, 0.2) is 5.57 Å². The predicted octanol–water partition coefficient (Wildman–Crippen LogP) is 0.715. The molecule has 0 unspecified atom stereocenters. The fourth-order valence-corrected chi connectivity index (χ4v) is 3.92. The molecule has 0 spiro atoms. The minimum absolute atomic E-state index is 0.0303. The molecular weight excluding hydrogens is 286 g/mol. The number of rotatable bonds is 3. The summed E-state index contributed by atoms with van der Waals surface area (Å²) in [5.74, 6) is 0.0303. The van der Waals surface area contributed by atoms with Gasteiger partial charge < -0.3 is 20.9 Å². The molecule has 1 aliphatic heterocycles. The number of carbonyl (C=O) groups is 1. The van der Waals surface area contributed by atoms with Crippen LogP contribution in [0.1, 0.15) is 26.8 Å². The van der Waals surface area contributed by atoms with Gasteiger partial charge in [0.2, 0.25) is 0 Å². The van der Waals surface area contributed by atoms with Crippen LogP contribution in [0.4, 0.5) is 0 Å². The van der Waals surface area contributed by atoms with Crippen LogP contribution in [0.25, 0.3) is 5.70 Å². The summed E-state index contributed by atoms with van der Waals surface area (Å²) in [4.78, 5) is 20.0. The summed E-state index contributed by atoms with van der Waals surface area (Å²) < 4.78 is 0. The molecule has 2 aliphatic rings. The maximum Gasteiger partial charge on any atom is 0.282 e. The van der Waals surface area contributed by atoms with Crippen molar-refractivity contribution in [3.8, 4) is 0 Å². The lowest BCUT2D eigenvalue weighted by Gasteiger charge is -2.26. The molecule has 0 radical (unpaired) electrons. The molecule has 1 amide bonds. The molecule has 21 heavy (non-hydrogen) atoms. The molecule has 2 heterocycles. The van der Waals surface area contributed by atoms with Crippen molar-refractivity contribution in [2.75, 3.05) is 33.2 Å². The molecule has 1 aromatic heterocycles. The molecule has 1 aromatic rings. The van der Waals surface area contributed by atoms with E-state index in [-0.39, 0.29) is 5.91 Å². The van der Waals surface area contributed by atoms with Crippen molar-refractivity contribution in [3.63, 3.8) is 0 Å². The van der Waals surface area contributed by atoms with Gasteiger partial charge in [-0.05, 0) is 18.4 Å². The number of thiazole rings is 1. The van der Waals surface area contributed by atoms with E-state index in [1.165, 1.54) is 17.6 Å². The Kier molecular flexibility index (Phi) is 4.03. The highest BCUT2D eigenvalue weighted by Crippen LogP contribution is 2.33. The number of amides is 1. The Morgan fingerprint density at radius 2 is 2.19 bits per heavy atom. The van der Waals surface area contributed by atoms with E-state index in [0.717, 1.165) is 60.9 Å². The molecule has 0 bridgehead atoms. The van der Waals surface area contributed by atoms with E-state index < -0.39 is 0 Å². The zero-order chi connectivity index (χ0) is 14.8. The number of hydrogen-bond acceptors (Lipinski definition) is 6. The first-order valence-electron chi connectivity index (χ1n) is 7.16. The van der Waals surface area contributed by atoms with Crippen LogP contribution in [0.5, 0.6) is 0 Å². The first-order chi connectivity index (χ1) is 10.2. The summed E-state index contributed by atoms with van der Waals surface area (Å²) in [6.45, 7) is 3.17. The Bertz CT molecular complexity index is 601. The van der Waals surface area contributed by atoms with Gasteiger partial charge in [-0.3, -0.25) is 4.79 Å². The van der Waals surface area contributed by atoms with Gasteiger partial charge in [0.25, 0.3) is 5.91 Å². The molecule has 1 aliphatic carbocycles. The maximum absolute atomic E-state index is 12.5. The SMILES string of the molecule is CNC1=C(C=N)CCc2nc(C(=O)N3CCNCC3)sc21. The molecule has 7 heteroatoms. The van der Waals surface area contributed by atoms with Crippen LogP contribution in [0.2, 0.25) is 0 Å². The monoisotopic (exact) mass is 305 g/mol. The van der Waals surface area contributed by atoms with Crippen molar-refractivity contribution in [1.29, 1.82) is 5.41 Å². The minimum atomic E-state index is 0.0303. The molecular formula is C14H19N5OS. The number of allylic oxidation sites excluding steroid dienone is 1. The smallest absolute Gasteiger partial charge is 0.282 e. The Hall–Kier alpha value is -1.73. The van der Waals surface area contributed by atoms with Gasteiger partial charge in [0.1, 0.15) is 0 Å². The molecule has 6 nitrogen and oxygen atoms in total. The lowest BCUT2D eigenvalue weighted by Crippen LogP contribution is -2.46. The molecule has 0 saturated carbocycles. The molecule has 0 aromatic carbocycles. The van der Waals surface area contributed by atoms with Crippen LogP contribution >= 0.6 is 11.3 Å². The first-order valence-corrected chi connectivity index (χ1v) is 7.97. The third kappa shape index (κ3) is 2.58. The summed E-state index contributed by atoms with van der Waals surface area (Å²) in [5.41, 5.74) is 2.91. The average Bonchev–Trinajstić information content (AvgIpc) is 2.97. The maximum atomic E-state index is 12.5. The summed E-state index contributed by atoms with van der Waals surface area (Å²) in [6.07, 6.45) is 3.00. The average molecular weight is 305 g/mol. The Morgan fingerprint density at radius 1 is 1.43 bits per heavy atom. The van der Waals surface area contributed by atoms with Gasteiger partial charge in [-0.2, -0.15) is 0 Å². The summed E-state index contributed by atoms with van der Waals surface area (Å²) in [7, 11) is 1.85. The van der Waals surface area contributed by atoms with E-state index in [1.54, 1.807) is 0 Å². The fraction of sp³-hybridized carbons (Fsp3) is 0.500. The van der Waals surface area contributed by atoms with Gasteiger partial charge in [0.15, 0.2) is 5.01 Å². The van der Waals surface area contributed by atoms with Crippen molar-refractivity contribution in [3.05, 3.63) is 21.2 Å². The third-order valence-corrected chi connectivity index (χ3v) is 4.99. The Morgan fingerprint density at radius 3 is 2.86 bits per heavy atom. The van der Waals surface area contributed by atoms with E-state index in [2.05, 4.69) is 15.6 Å². The number of piperazine rings is 1. The summed E-state index contributed by atoms with van der Waals surface area (Å²) in [6, 6.07) is 0. The number of aryl methyl sites for hydroxylation is 1. The van der Waals surface area contributed by atoms with Crippen molar-refractivity contribution < 1.29 is 4.79 Å². The van der Waals surface area contributed by atoms with E-state index in [0.29, 0.717) is 5.01 Å². The highest BCUT2D eigenvalue weighted by atomic mass is 32.1. The van der Waals surface area contributed by atoms with Gasteiger partial charge in [0.05, 0.1) is 16.3 Å². The number of fused-ring (bicyclic) bond motifs is 1. The van der Waals surface area contributed by atoms with Crippen LogP contribution < -0.4 is 10.6 Å². The molecule has 3 rings (SSSR count). The van der Waals surface area contributed by atoms with Crippen molar-refractivity contribution >= 4 is 29.2 Å². The van der Waals surface area contributed by atoms with Crippen molar-refractivity contribution in [2.45, 2.75) is 12.8 Å². The summed E-state index contributed by atoms with van der Waals surface area (Å²) >= 11 is 1.44. The third-order valence-electron chi connectivity index (χ3n) is 3.89. The number of aromatic nitrogens is 1. The molecule has 0 atom stereocenters. The second-order valence-corrected chi connectivity index (χ2v) is 6.13. The van der Waals surface area contributed by atoms with Gasteiger partial charge >= 0.3 is 0 Å². The van der Waals surface area contributed by atoms with E-state index in [1.807, 2.05) is 11.9 Å². The Labute approximate surface area is 127 Å².